The molecule has 3 aromatic heterocycles. The Bertz CT molecular complexity index is 1930. The second-order valence-corrected chi connectivity index (χ2v) is 13.6. The molecular formula is C39H42FN7O3. The summed E-state index contributed by atoms with van der Waals surface area (Å²) in [6, 6.07) is 25.5. The average Bonchev–Trinajstić information content (AvgIpc) is 3.55. The Morgan fingerprint density at radius 2 is 1.58 bits per heavy atom. The molecule has 5 aromatic rings. The van der Waals surface area contributed by atoms with Gasteiger partial charge in [-0.2, -0.15) is 5.10 Å². The number of ether oxygens (including phenoxy) is 1. The first-order valence-electron chi connectivity index (χ1n) is 17.3. The first-order valence-corrected chi connectivity index (χ1v) is 17.3. The molecule has 0 unspecified atom stereocenters. The van der Waals surface area contributed by atoms with Crippen LogP contribution in [-0.4, -0.2) is 68.6 Å². The molecule has 0 spiro atoms. The van der Waals surface area contributed by atoms with E-state index in [2.05, 4.69) is 69.0 Å². The number of aromatic nitrogens is 3. The van der Waals surface area contributed by atoms with Crippen molar-refractivity contribution in [2.24, 2.45) is 0 Å². The summed E-state index contributed by atoms with van der Waals surface area (Å²) in [6.07, 6.45) is 5.56. The summed E-state index contributed by atoms with van der Waals surface area (Å²) >= 11 is 0. The monoisotopic (exact) mass is 675 g/mol. The first-order chi connectivity index (χ1) is 24.3. The van der Waals surface area contributed by atoms with Crippen molar-refractivity contribution in [3.05, 3.63) is 114 Å². The van der Waals surface area contributed by atoms with Crippen molar-refractivity contribution in [2.45, 2.75) is 70.2 Å². The molecule has 0 bridgehead atoms. The molecule has 2 amide bonds. The molecule has 1 saturated carbocycles. The number of hydrogen-bond acceptors (Lipinski definition) is 7. The smallest absolute Gasteiger partial charge is 0.272 e. The van der Waals surface area contributed by atoms with Gasteiger partial charge in [0.25, 0.3) is 11.8 Å². The van der Waals surface area contributed by atoms with Crippen LogP contribution in [0.15, 0.2) is 91.3 Å². The van der Waals surface area contributed by atoms with Crippen LogP contribution in [0.25, 0.3) is 16.6 Å². The van der Waals surface area contributed by atoms with Crippen LogP contribution in [0.1, 0.15) is 65.9 Å². The van der Waals surface area contributed by atoms with E-state index in [0.29, 0.717) is 49.2 Å². The van der Waals surface area contributed by atoms with Crippen LogP contribution in [0.2, 0.25) is 0 Å². The Labute approximate surface area is 291 Å². The number of benzene rings is 2. The number of nitrogens with zero attached hydrogens (tertiary/aromatic N) is 4. The molecule has 3 N–H and O–H groups in total. The lowest BCUT2D eigenvalue weighted by atomic mass is 9.91. The van der Waals surface area contributed by atoms with Crippen molar-refractivity contribution in [3.63, 3.8) is 0 Å². The van der Waals surface area contributed by atoms with E-state index in [1.54, 1.807) is 22.8 Å². The number of rotatable bonds is 9. The van der Waals surface area contributed by atoms with Gasteiger partial charge < -0.3 is 20.7 Å². The molecule has 4 heterocycles. The minimum atomic E-state index is -0.626. The second kappa shape index (κ2) is 14.8. The van der Waals surface area contributed by atoms with Crippen molar-refractivity contribution in [3.8, 4) is 22.8 Å². The van der Waals surface area contributed by atoms with Crippen LogP contribution >= 0.6 is 0 Å². The zero-order valence-electron chi connectivity index (χ0n) is 28.3. The lowest BCUT2D eigenvalue weighted by Crippen LogP contribution is -2.53. The van der Waals surface area contributed by atoms with Gasteiger partial charge in [-0.15, -0.1) is 0 Å². The third-order valence-electron chi connectivity index (χ3n) is 9.44. The molecule has 7 rings (SSSR count). The van der Waals surface area contributed by atoms with Gasteiger partial charge in [-0.3, -0.25) is 14.5 Å². The minimum absolute atomic E-state index is 0.0265. The van der Waals surface area contributed by atoms with E-state index in [0.717, 1.165) is 48.5 Å². The van der Waals surface area contributed by atoms with E-state index in [9.17, 15) is 14.0 Å². The van der Waals surface area contributed by atoms with E-state index in [4.69, 9.17) is 4.74 Å². The molecule has 10 nitrogen and oxygen atoms in total. The highest BCUT2D eigenvalue weighted by molar-refractivity contribution is 5.96. The van der Waals surface area contributed by atoms with Gasteiger partial charge in [0.05, 0.1) is 11.7 Å². The third-order valence-corrected chi connectivity index (χ3v) is 9.44. The van der Waals surface area contributed by atoms with Crippen molar-refractivity contribution >= 4 is 17.3 Å². The molecule has 1 aliphatic heterocycles. The Hall–Kier alpha value is -5.13. The van der Waals surface area contributed by atoms with Gasteiger partial charge >= 0.3 is 0 Å². The van der Waals surface area contributed by atoms with Crippen LogP contribution in [0.5, 0.6) is 11.6 Å². The quantitative estimate of drug-likeness (QED) is 0.176. The van der Waals surface area contributed by atoms with Gasteiger partial charge in [0.15, 0.2) is 5.69 Å². The number of amides is 2. The Balaban J connectivity index is 0.952. The zero-order valence-corrected chi connectivity index (χ0v) is 28.3. The number of halogens is 1. The number of nitrogens with one attached hydrogen (secondary N) is 3. The zero-order chi connectivity index (χ0) is 34.6. The third kappa shape index (κ3) is 8.01. The number of piperazine rings is 1. The summed E-state index contributed by atoms with van der Waals surface area (Å²) in [7, 11) is 0. The number of fused-ring (bicyclic) bond motifs is 1. The number of pyridine rings is 2. The Morgan fingerprint density at radius 3 is 2.30 bits per heavy atom. The predicted octanol–water partition coefficient (Wildman–Crippen LogP) is 5.98. The van der Waals surface area contributed by atoms with Crippen LogP contribution in [0, 0.1) is 5.82 Å². The van der Waals surface area contributed by atoms with Gasteiger partial charge in [0.1, 0.15) is 17.1 Å². The summed E-state index contributed by atoms with van der Waals surface area (Å²) in [6.45, 7) is 7.39. The maximum atomic E-state index is 14.4. The van der Waals surface area contributed by atoms with Gasteiger partial charge in [0, 0.05) is 50.0 Å². The van der Waals surface area contributed by atoms with Crippen LogP contribution in [0.3, 0.4) is 0 Å². The van der Waals surface area contributed by atoms with Crippen LogP contribution in [-0.2, 0) is 6.54 Å². The number of carbonyl (C=O) groups excluding carboxylic acids is 2. The van der Waals surface area contributed by atoms with E-state index in [-0.39, 0.29) is 29.4 Å². The van der Waals surface area contributed by atoms with Crippen molar-refractivity contribution < 1.29 is 18.7 Å². The van der Waals surface area contributed by atoms with Crippen molar-refractivity contribution in [1.29, 1.82) is 0 Å². The summed E-state index contributed by atoms with van der Waals surface area (Å²) in [5, 5.41) is 14.0. The van der Waals surface area contributed by atoms with Crippen molar-refractivity contribution in [2.75, 3.05) is 13.1 Å². The minimum Gasteiger partial charge on any atom is -0.438 e. The van der Waals surface area contributed by atoms with Gasteiger partial charge in [-0.1, -0.05) is 42.5 Å². The molecule has 2 atom stereocenters. The van der Waals surface area contributed by atoms with Gasteiger partial charge in [0.2, 0.25) is 5.88 Å². The molecule has 0 radical (unpaired) electrons. The second-order valence-electron chi connectivity index (χ2n) is 13.6. The largest absolute Gasteiger partial charge is 0.438 e. The fourth-order valence-electron chi connectivity index (χ4n) is 7.11. The summed E-state index contributed by atoms with van der Waals surface area (Å²) < 4.78 is 22.1. The molecule has 2 aromatic carbocycles. The Morgan fingerprint density at radius 1 is 0.860 bits per heavy atom. The predicted molar refractivity (Wildman–Crippen MR) is 190 cm³/mol. The van der Waals surface area contributed by atoms with E-state index in [1.807, 2.05) is 36.4 Å². The van der Waals surface area contributed by atoms with Crippen LogP contribution in [0.4, 0.5) is 4.39 Å². The molecule has 2 fully saturated rings. The fourth-order valence-corrected chi connectivity index (χ4v) is 7.11. The highest BCUT2D eigenvalue weighted by Crippen LogP contribution is 2.29. The fraction of sp³-hybridized carbons (Fsp3) is 0.333. The normalized spacial score (nSPS) is 21.1. The molecule has 11 heteroatoms. The number of hydrogen-bond donors (Lipinski definition) is 3. The topological polar surface area (TPSA) is 113 Å². The SMILES string of the molecule is C[C@@H]1CN(Cc2ccc(-c3cccc(Oc4ncc(F)cc4C(=O)NC4CCC(NC(=O)c5cc6ccccn6n5)CC4)c3)cc2)C[C@H](C)N1. The lowest BCUT2D eigenvalue weighted by Gasteiger charge is -2.36. The van der Waals surface area contributed by atoms with Crippen LogP contribution < -0.4 is 20.7 Å². The standard InChI is InChI=1S/C39H42FN7O3/c1-25-22-46(23-26(2)42-25)24-27-9-11-28(12-10-27)29-6-5-8-34(18-29)50-39-35(19-30(40)21-41-39)37(48)43-31-13-15-32(16-14-31)44-38(49)36-20-33-7-3-4-17-47(33)45-36/h3-12,17-21,25-26,31-32,42H,13-16,22-24H2,1-2H3,(H,43,48)(H,44,49)/t25-,26+,31?,32?. The lowest BCUT2D eigenvalue weighted by molar-refractivity contribution is 0.0887. The van der Waals surface area contributed by atoms with E-state index in [1.165, 1.54) is 5.56 Å². The number of carbonyl (C=O) groups is 2. The van der Waals surface area contributed by atoms with E-state index >= 15 is 0 Å². The Kier molecular flexibility index (Phi) is 9.86. The highest BCUT2D eigenvalue weighted by atomic mass is 19.1. The molecule has 2 aliphatic rings. The molecule has 1 aliphatic carbocycles. The van der Waals surface area contributed by atoms with E-state index < -0.39 is 11.7 Å². The summed E-state index contributed by atoms with van der Waals surface area (Å²) in [5.74, 6) is -0.775. The highest BCUT2D eigenvalue weighted by Gasteiger charge is 2.27. The summed E-state index contributed by atoms with van der Waals surface area (Å²) in [4.78, 5) is 32.9. The molecule has 1 saturated heterocycles. The van der Waals surface area contributed by atoms with Gasteiger partial charge in [-0.05, 0) is 92.6 Å². The molecule has 258 valence electrons. The summed E-state index contributed by atoms with van der Waals surface area (Å²) in [5.41, 5.74) is 4.50. The molecule has 50 heavy (non-hydrogen) atoms. The maximum absolute atomic E-state index is 14.4. The maximum Gasteiger partial charge on any atom is 0.272 e. The van der Waals surface area contributed by atoms with Crippen molar-refractivity contribution in [1.82, 2.24) is 35.4 Å². The average molecular weight is 676 g/mol. The first kappa shape index (κ1) is 33.4. The molecular weight excluding hydrogens is 633 g/mol. The van der Waals surface area contributed by atoms with Gasteiger partial charge in [-0.25, -0.2) is 13.9 Å².